The second kappa shape index (κ2) is 7.04. The van der Waals surface area contributed by atoms with Crippen molar-refractivity contribution in [1.82, 2.24) is 0 Å². The van der Waals surface area contributed by atoms with Gasteiger partial charge >= 0.3 is 0 Å². The number of hydrogen-bond acceptors (Lipinski definition) is 3. The molecule has 19 heavy (non-hydrogen) atoms. The maximum atomic E-state index is 8.96. The van der Waals surface area contributed by atoms with Crippen LogP contribution < -0.4 is 11.1 Å². The SMILES string of the molecule is CCCCCC(C)(C)CNc1ccc(N)c(C#N)c1. The van der Waals surface area contributed by atoms with Crippen LogP contribution in [0.15, 0.2) is 18.2 Å². The van der Waals surface area contributed by atoms with Crippen molar-refractivity contribution < 1.29 is 0 Å². The summed E-state index contributed by atoms with van der Waals surface area (Å²) in [5.74, 6) is 0. The van der Waals surface area contributed by atoms with Crippen molar-refractivity contribution in [3.63, 3.8) is 0 Å². The van der Waals surface area contributed by atoms with Crippen molar-refractivity contribution in [2.75, 3.05) is 17.6 Å². The Kier molecular flexibility index (Phi) is 5.69. The second-order valence-corrected chi connectivity index (χ2v) is 5.89. The fraction of sp³-hybridized carbons (Fsp3) is 0.562. The van der Waals surface area contributed by atoms with Crippen molar-refractivity contribution in [2.45, 2.75) is 46.5 Å². The number of rotatable bonds is 7. The number of nitriles is 1. The summed E-state index contributed by atoms with van der Waals surface area (Å²) in [5, 5.41) is 12.4. The van der Waals surface area contributed by atoms with Crippen LogP contribution >= 0.6 is 0 Å². The van der Waals surface area contributed by atoms with E-state index in [9.17, 15) is 0 Å². The largest absolute Gasteiger partial charge is 0.398 e. The molecule has 1 aromatic carbocycles. The van der Waals surface area contributed by atoms with Crippen LogP contribution in [-0.2, 0) is 0 Å². The van der Waals surface area contributed by atoms with E-state index in [0.29, 0.717) is 11.3 Å². The molecule has 3 nitrogen and oxygen atoms in total. The number of nitrogens with one attached hydrogen (secondary N) is 1. The summed E-state index contributed by atoms with van der Waals surface area (Å²) < 4.78 is 0. The molecule has 3 N–H and O–H groups in total. The highest BCUT2D eigenvalue weighted by Gasteiger charge is 2.17. The van der Waals surface area contributed by atoms with E-state index in [2.05, 4.69) is 32.2 Å². The van der Waals surface area contributed by atoms with Gasteiger partial charge in [-0.3, -0.25) is 0 Å². The van der Waals surface area contributed by atoms with Gasteiger partial charge in [-0.2, -0.15) is 5.26 Å². The molecule has 1 aromatic rings. The van der Waals surface area contributed by atoms with Gasteiger partial charge in [0, 0.05) is 17.9 Å². The molecule has 0 amide bonds. The smallest absolute Gasteiger partial charge is 0.101 e. The highest BCUT2D eigenvalue weighted by Crippen LogP contribution is 2.25. The van der Waals surface area contributed by atoms with Gasteiger partial charge < -0.3 is 11.1 Å². The average Bonchev–Trinajstić information content (AvgIpc) is 2.38. The van der Waals surface area contributed by atoms with Crippen LogP contribution in [0.1, 0.15) is 52.0 Å². The maximum Gasteiger partial charge on any atom is 0.101 e. The zero-order chi connectivity index (χ0) is 14.3. The lowest BCUT2D eigenvalue weighted by molar-refractivity contribution is 0.342. The standard InChI is InChI=1S/C16H25N3/c1-4-5-6-9-16(2,3)12-19-14-7-8-15(18)13(10-14)11-17/h7-8,10,19H,4-6,9,12,18H2,1-3H3. The van der Waals surface area contributed by atoms with Crippen LogP contribution in [0, 0.1) is 16.7 Å². The molecular weight excluding hydrogens is 234 g/mol. The molecule has 0 radical (unpaired) electrons. The van der Waals surface area contributed by atoms with Gasteiger partial charge in [0.1, 0.15) is 6.07 Å². The first-order valence-corrected chi connectivity index (χ1v) is 7.02. The van der Waals surface area contributed by atoms with Gasteiger partial charge in [0.2, 0.25) is 0 Å². The molecular formula is C16H25N3. The van der Waals surface area contributed by atoms with Crippen molar-refractivity contribution in [1.29, 1.82) is 5.26 Å². The van der Waals surface area contributed by atoms with Gasteiger partial charge in [0.25, 0.3) is 0 Å². The number of nitrogens with two attached hydrogens (primary N) is 1. The summed E-state index contributed by atoms with van der Waals surface area (Å²) in [6.07, 6.45) is 5.04. The number of nitrogens with zero attached hydrogens (tertiary/aromatic N) is 1. The van der Waals surface area contributed by atoms with Gasteiger partial charge in [0.15, 0.2) is 0 Å². The minimum absolute atomic E-state index is 0.267. The van der Waals surface area contributed by atoms with Crippen molar-refractivity contribution in [2.24, 2.45) is 5.41 Å². The molecule has 0 saturated carbocycles. The minimum Gasteiger partial charge on any atom is -0.398 e. The Morgan fingerprint density at radius 3 is 2.68 bits per heavy atom. The summed E-state index contributed by atoms with van der Waals surface area (Å²) in [6.45, 7) is 7.69. The van der Waals surface area contributed by atoms with Gasteiger partial charge in [-0.15, -0.1) is 0 Å². The molecule has 1 rings (SSSR count). The molecule has 0 saturated heterocycles. The van der Waals surface area contributed by atoms with Gasteiger partial charge in [-0.25, -0.2) is 0 Å². The molecule has 0 atom stereocenters. The Labute approximate surface area is 116 Å². The fourth-order valence-corrected chi connectivity index (χ4v) is 2.05. The Bertz CT molecular complexity index is 444. The van der Waals surface area contributed by atoms with Gasteiger partial charge in [-0.1, -0.05) is 40.0 Å². The third kappa shape index (κ3) is 5.21. The predicted molar refractivity (Wildman–Crippen MR) is 82.0 cm³/mol. The Morgan fingerprint density at radius 2 is 2.05 bits per heavy atom. The molecule has 0 aliphatic carbocycles. The topological polar surface area (TPSA) is 61.8 Å². The third-order valence-corrected chi connectivity index (χ3v) is 3.40. The highest BCUT2D eigenvalue weighted by molar-refractivity contribution is 5.61. The number of hydrogen-bond donors (Lipinski definition) is 2. The summed E-state index contributed by atoms with van der Waals surface area (Å²) in [7, 11) is 0. The molecule has 0 fully saturated rings. The number of benzene rings is 1. The fourth-order valence-electron chi connectivity index (χ4n) is 2.05. The van der Waals surface area contributed by atoms with E-state index >= 15 is 0 Å². The lowest BCUT2D eigenvalue weighted by Crippen LogP contribution is -2.23. The first-order valence-electron chi connectivity index (χ1n) is 7.02. The van der Waals surface area contributed by atoms with Gasteiger partial charge in [-0.05, 0) is 30.0 Å². The van der Waals surface area contributed by atoms with Gasteiger partial charge in [0.05, 0.1) is 5.56 Å². The van der Waals surface area contributed by atoms with E-state index < -0.39 is 0 Å². The van der Waals surface area contributed by atoms with Crippen molar-refractivity contribution >= 4 is 11.4 Å². The van der Waals surface area contributed by atoms with E-state index in [-0.39, 0.29) is 5.41 Å². The van der Waals surface area contributed by atoms with E-state index in [1.807, 2.05) is 12.1 Å². The van der Waals surface area contributed by atoms with Crippen LogP contribution in [0.4, 0.5) is 11.4 Å². The second-order valence-electron chi connectivity index (χ2n) is 5.89. The first kappa shape index (κ1) is 15.4. The first-order chi connectivity index (χ1) is 8.98. The zero-order valence-electron chi connectivity index (χ0n) is 12.3. The molecule has 104 valence electrons. The number of anilines is 2. The van der Waals surface area contributed by atoms with Crippen LogP contribution in [0.25, 0.3) is 0 Å². The summed E-state index contributed by atoms with van der Waals surface area (Å²) in [4.78, 5) is 0. The molecule has 3 heteroatoms. The molecule has 0 spiro atoms. The van der Waals surface area contributed by atoms with E-state index in [1.54, 1.807) is 6.07 Å². The molecule has 0 heterocycles. The van der Waals surface area contributed by atoms with E-state index in [1.165, 1.54) is 25.7 Å². The quantitative estimate of drug-likeness (QED) is 0.571. The predicted octanol–water partition coefficient (Wildman–Crippen LogP) is 4.16. The highest BCUT2D eigenvalue weighted by atomic mass is 14.9. The third-order valence-electron chi connectivity index (χ3n) is 3.40. The van der Waals surface area contributed by atoms with Crippen molar-refractivity contribution in [3.05, 3.63) is 23.8 Å². The Hall–Kier alpha value is -1.69. The summed E-state index contributed by atoms with van der Waals surface area (Å²) in [6, 6.07) is 7.64. The summed E-state index contributed by atoms with van der Waals surface area (Å²) in [5.41, 5.74) is 8.02. The van der Waals surface area contributed by atoms with Crippen molar-refractivity contribution in [3.8, 4) is 6.07 Å². The van der Waals surface area contributed by atoms with Crippen LogP contribution in [0.5, 0.6) is 0 Å². The summed E-state index contributed by atoms with van der Waals surface area (Å²) >= 11 is 0. The Balaban J connectivity index is 2.54. The molecule has 0 aliphatic rings. The van der Waals surface area contributed by atoms with Crippen LogP contribution in [0.2, 0.25) is 0 Å². The van der Waals surface area contributed by atoms with E-state index in [4.69, 9.17) is 11.0 Å². The Morgan fingerprint density at radius 1 is 1.32 bits per heavy atom. The molecule has 0 unspecified atom stereocenters. The average molecular weight is 259 g/mol. The number of nitrogen functional groups attached to an aromatic ring is 1. The van der Waals surface area contributed by atoms with Crippen LogP contribution in [-0.4, -0.2) is 6.54 Å². The maximum absolute atomic E-state index is 8.96. The molecule has 0 bridgehead atoms. The normalized spacial score (nSPS) is 11.1. The zero-order valence-corrected chi connectivity index (χ0v) is 12.3. The molecule has 0 aromatic heterocycles. The van der Waals surface area contributed by atoms with E-state index in [0.717, 1.165) is 12.2 Å². The lowest BCUT2D eigenvalue weighted by atomic mass is 9.87. The monoisotopic (exact) mass is 259 g/mol. The number of unbranched alkanes of at least 4 members (excludes halogenated alkanes) is 2. The van der Waals surface area contributed by atoms with Crippen LogP contribution in [0.3, 0.4) is 0 Å². The minimum atomic E-state index is 0.267. The lowest BCUT2D eigenvalue weighted by Gasteiger charge is -2.25. The molecule has 0 aliphatic heterocycles.